The number of aryl methyl sites for hydroxylation is 1. The number of rotatable bonds is 3. The number of pyridine rings is 1. The second-order valence-corrected chi connectivity index (χ2v) is 4.68. The standard InChI is InChI=1S/C12H11FN2O2S/c1-3-17-12(16)9-7(2)18-11(15-9)10-8(13)5-4-6-14-10/h4-6H,3H2,1-2H3. The molecular weight excluding hydrogens is 255 g/mol. The van der Waals surface area contributed by atoms with Gasteiger partial charge in [0, 0.05) is 11.1 Å². The van der Waals surface area contributed by atoms with E-state index in [1.165, 1.54) is 29.7 Å². The van der Waals surface area contributed by atoms with Crippen LogP contribution in [-0.2, 0) is 4.74 Å². The highest BCUT2D eigenvalue weighted by Crippen LogP contribution is 2.28. The summed E-state index contributed by atoms with van der Waals surface area (Å²) in [6.45, 7) is 3.75. The molecule has 2 aromatic heterocycles. The monoisotopic (exact) mass is 266 g/mol. The van der Waals surface area contributed by atoms with Crippen molar-refractivity contribution in [2.45, 2.75) is 13.8 Å². The Morgan fingerprint density at radius 3 is 3.00 bits per heavy atom. The van der Waals surface area contributed by atoms with E-state index >= 15 is 0 Å². The number of halogens is 1. The third-order valence-corrected chi connectivity index (χ3v) is 3.20. The Hall–Kier alpha value is -1.82. The first kappa shape index (κ1) is 12.6. The van der Waals surface area contributed by atoms with E-state index in [2.05, 4.69) is 9.97 Å². The lowest BCUT2D eigenvalue weighted by Gasteiger charge is -1.98. The van der Waals surface area contributed by atoms with E-state index in [9.17, 15) is 9.18 Å². The predicted octanol–water partition coefficient (Wildman–Crippen LogP) is 2.83. The van der Waals surface area contributed by atoms with Crippen molar-refractivity contribution in [2.75, 3.05) is 6.61 Å². The molecule has 0 N–H and O–H groups in total. The number of carbonyl (C=O) groups excluding carboxylic acids is 1. The molecule has 0 radical (unpaired) electrons. The Bertz CT molecular complexity index is 583. The van der Waals surface area contributed by atoms with E-state index in [0.717, 1.165) is 0 Å². The third-order valence-electron chi connectivity index (χ3n) is 2.23. The van der Waals surface area contributed by atoms with Crippen molar-refractivity contribution in [1.29, 1.82) is 0 Å². The van der Waals surface area contributed by atoms with Crippen molar-refractivity contribution in [3.63, 3.8) is 0 Å². The van der Waals surface area contributed by atoms with Crippen LogP contribution in [0.2, 0.25) is 0 Å². The fourth-order valence-electron chi connectivity index (χ4n) is 1.43. The van der Waals surface area contributed by atoms with E-state index in [1.807, 2.05) is 0 Å². The summed E-state index contributed by atoms with van der Waals surface area (Å²) in [6.07, 6.45) is 1.49. The molecule has 0 spiro atoms. The molecular formula is C12H11FN2O2S. The summed E-state index contributed by atoms with van der Waals surface area (Å²) < 4.78 is 18.4. The molecule has 2 rings (SSSR count). The highest BCUT2D eigenvalue weighted by atomic mass is 32.1. The van der Waals surface area contributed by atoms with Gasteiger partial charge in [-0.2, -0.15) is 0 Å². The minimum Gasteiger partial charge on any atom is -0.461 e. The van der Waals surface area contributed by atoms with Crippen LogP contribution in [0.3, 0.4) is 0 Å². The van der Waals surface area contributed by atoms with Crippen LogP contribution in [0.15, 0.2) is 18.3 Å². The molecule has 0 unspecified atom stereocenters. The first-order chi connectivity index (χ1) is 8.63. The van der Waals surface area contributed by atoms with Gasteiger partial charge in [0.25, 0.3) is 0 Å². The molecule has 0 saturated heterocycles. The molecule has 0 fully saturated rings. The lowest BCUT2D eigenvalue weighted by molar-refractivity contribution is 0.0519. The van der Waals surface area contributed by atoms with Gasteiger partial charge in [-0.05, 0) is 26.0 Å². The summed E-state index contributed by atoms with van der Waals surface area (Å²) in [6, 6.07) is 2.81. The van der Waals surface area contributed by atoms with Crippen molar-refractivity contribution in [2.24, 2.45) is 0 Å². The minimum absolute atomic E-state index is 0.154. The average molecular weight is 266 g/mol. The predicted molar refractivity (Wildman–Crippen MR) is 66.0 cm³/mol. The molecule has 18 heavy (non-hydrogen) atoms. The first-order valence-corrected chi connectivity index (χ1v) is 6.20. The van der Waals surface area contributed by atoms with Crippen LogP contribution in [0.1, 0.15) is 22.3 Å². The first-order valence-electron chi connectivity index (χ1n) is 5.39. The number of esters is 1. The van der Waals surface area contributed by atoms with Gasteiger partial charge in [0.2, 0.25) is 0 Å². The number of hydrogen-bond donors (Lipinski definition) is 0. The second-order valence-electron chi connectivity index (χ2n) is 3.48. The SMILES string of the molecule is CCOC(=O)c1nc(-c2ncccc2F)sc1C. The Morgan fingerprint density at radius 2 is 2.33 bits per heavy atom. The Labute approximate surface area is 107 Å². The maximum atomic E-state index is 13.6. The van der Waals surface area contributed by atoms with E-state index < -0.39 is 11.8 Å². The quantitative estimate of drug-likeness (QED) is 0.802. The fraction of sp³-hybridized carbons (Fsp3) is 0.250. The van der Waals surface area contributed by atoms with Crippen molar-refractivity contribution in [3.05, 3.63) is 34.7 Å². The van der Waals surface area contributed by atoms with Crippen LogP contribution >= 0.6 is 11.3 Å². The maximum absolute atomic E-state index is 13.6. The zero-order valence-electron chi connectivity index (χ0n) is 9.94. The summed E-state index contributed by atoms with van der Waals surface area (Å²) in [4.78, 5) is 20.3. The zero-order chi connectivity index (χ0) is 13.1. The van der Waals surface area contributed by atoms with E-state index in [-0.39, 0.29) is 18.0 Å². The lowest BCUT2D eigenvalue weighted by atomic mass is 10.3. The Balaban J connectivity index is 2.41. The number of aromatic nitrogens is 2. The molecule has 0 bridgehead atoms. The van der Waals surface area contributed by atoms with Crippen molar-refractivity contribution in [3.8, 4) is 10.7 Å². The number of hydrogen-bond acceptors (Lipinski definition) is 5. The van der Waals surface area contributed by atoms with Crippen molar-refractivity contribution >= 4 is 17.3 Å². The highest BCUT2D eigenvalue weighted by molar-refractivity contribution is 7.15. The normalized spacial score (nSPS) is 10.4. The minimum atomic E-state index is -0.492. The third kappa shape index (κ3) is 2.38. The lowest BCUT2D eigenvalue weighted by Crippen LogP contribution is -2.06. The molecule has 0 aliphatic rings. The van der Waals surface area contributed by atoms with Gasteiger partial charge in [-0.3, -0.25) is 4.98 Å². The van der Waals surface area contributed by atoms with Crippen LogP contribution < -0.4 is 0 Å². The number of thiazole rings is 1. The number of nitrogens with zero attached hydrogens (tertiary/aromatic N) is 2. The molecule has 6 heteroatoms. The summed E-state index contributed by atoms with van der Waals surface area (Å²) in [5.41, 5.74) is 0.378. The molecule has 0 atom stereocenters. The summed E-state index contributed by atoms with van der Waals surface area (Å²) >= 11 is 1.22. The molecule has 0 aliphatic carbocycles. The molecule has 2 aromatic rings. The highest BCUT2D eigenvalue weighted by Gasteiger charge is 2.19. The van der Waals surface area contributed by atoms with Gasteiger partial charge in [-0.1, -0.05) is 0 Å². The molecule has 0 saturated carbocycles. The summed E-state index contributed by atoms with van der Waals surface area (Å²) in [7, 11) is 0. The molecule has 0 amide bonds. The number of ether oxygens (including phenoxy) is 1. The topological polar surface area (TPSA) is 52.1 Å². The van der Waals surface area contributed by atoms with Crippen LogP contribution in [0, 0.1) is 12.7 Å². The van der Waals surface area contributed by atoms with Gasteiger partial charge in [-0.25, -0.2) is 14.2 Å². The largest absolute Gasteiger partial charge is 0.461 e. The maximum Gasteiger partial charge on any atom is 0.358 e. The molecule has 2 heterocycles. The van der Waals surface area contributed by atoms with Crippen LogP contribution in [0.25, 0.3) is 10.7 Å². The summed E-state index contributed by atoms with van der Waals surface area (Å²) in [5, 5.41) is 0.383. The Morgan fingerprint density at radius 1 is 1.56 bits per heavy atom. The van der Waals surface area contributed by atoms with Crippen LogP contribution in [0.5, 0.6) is 0 Å². The van der Waals surface area contributed by atoms with Gasteiger partial charge in [0.15, 0.2) is 11.5 Å². The smallest absolute Gasteiger partial charge is 0.358 e. The van der Waals surface area contributed by atoms with Gasteiger partial charge < -0.3 is 4.74 Å². The second kappa shape index (κ2) is 5.22. The zero-order valence-corrected chi connectivity index (χ0v) is 10.8. The molecule has 94 valence electrons. The van der Waals surface area contributed by atoms with Gasteiger partial charge >= 0.3 is 5.97 Å². The van der Waals surface area contributed by atoms with Crippen LogP contribution in [0.4, 0.5) is 4.39 Å². The van der Waals surface area contributed by atoms with Gasteiger partial charge in [0.1, 0.15) is 10.7 Å². The fourth-order valence-corrected chi connectivity index (χ4v) is 2.33. The summed E-state index contributed by atoms with van der Waals surface area (Å²) in [5.74, 6) is -0.949. The molecule has 0 aliphatic heterocycles. The van der Waals surface area contributed by atoms with Crippen molar-refractivity contribution < 1.29 is 13.9 Å². The van der Waals surface area contributed by atoms with Gasteiger partial charge in [-0.15, -0.1) is 11.3 Å². The average Bonchev–Trinajstić information content (AvgIpc) is 2.72. The molecule has 4 nitrogen and oxygen atoms in total. The number of carbonyl (C=O) groups is 1. The Kier molecular flexibility index (Phi) is 3.66. The van der Waals surface area contributed by atoms with E-state index in [4.69, 9.17) is 4.74 Å². The molecule has 0 aromatic carbocycles. The van der Waals surface area contributed by atoms with Crippen molar-refractivity contribution in [1.82, 2.24) is 9.97 Å². The van der Waals surface area contributed by atoms with E-state index in [0.29, 0.717) is 9.88 Å². The van der Waals surface area contributed by atoms with Gasteiger partial charge in [0.05, 0.1) is 6.61 Å². The van der Waals surface area contributed by atoms with Crippen LogP contribution in [-0.4, -0.2) is 22.5 Å². The van der Waals surface area contributed by atoms with E-state index in [1.54, 1.807) is 13.8 Å².